The summed E-state index contributed by atoms with van der Waals surface area (Å²) in [6.07, 6.45) is 3.77. The smallest absolute Gasteiger partial charge is 0.204 e. The van der Waals surface area contributed by atoms with Crippen molar-refractivity contribution >= 4 is 11.8 Å². The number of H-pyrrole nitrogens is 1. The molecule has 1 aromatic rings. The SMILES string of the molecule is c1c[nH]c(N2CCNC2C2=NCCN2)n1. The molecule has 1 unspecified atom stereocenters. The molecule has 0 saturated carbocycles. The van der Waals surface area contributed by atoms with E-state index in [2.05, 4.69) is 30.5 Å². The second-order valence-corrected chi connectivity index (χ2v) is 3.66. The number of hydrogen-bond donors (Lipinski definition) is 3. The molecule has 3 N–H and O–H groups in total. The molecule has 6 nitrogen and oxygen atoms in total. The van der Waals surface area contributed by atoms with Crippen LogP contribution in [0.5, 0.6) is 0 Å². The number of rotatable bonds is 2. The highest BCUT2D eigenvalue weighted by atomic mass is 15.4. The van der Waals surface area contributed by atoms with Crippen LogP contribution >= 0.6 is 0 Å². The van der Waals surface area contributed by atoms with Crippen LogP contribution in [0.2, 0.25) is 0 Å². The van der Waals surface area contributed by atoms with Crippen LogP contribution in [0.15, 0.2) is 17.4 Å². The van der Waals surface area contributed by atoms with Gasteiger partial charge in [-0.3, -0.25) is 10.3 Å². The molecule has 2 aliphatic rings. The van der Waals surface area contributed by atoms with E-state index in [9.17, 15) is 0 Å². The molecule has 1 saturated heterocycles. The first-order valence-corrected chi connectivity index (χ1v) is 5.23. The van der Waals surface area contributed by atoms with Crippen molar-refractivity contribution in [2.45, 2.75) is 6.17 Å². The third kappa shape index (κ3) is 1.46. The Morgan fingerprint density at radius 2 is 2.40 bits per heavy atom. The lowest BCUT2D eigenvalue weighted by atomic mass is 10.4. The molecule has 80 valence electrons. The fraction of sp³-hybridized carbons (Fsp3) is 0.556. The van der Waals surface area contributed by atoms with Crippen molar-refractivity contribution in [3.8, 4) is 0 Å². The molecule has 6 heteroatoms. The summed E-state index contributed by atoms with van der Waals surface area (Å²) in [5, 5.41) is 6.70. The topological polar surface area (TPSA) is 68.3 Å². The van der Waals surface area contributed by atoms with Gasteiger partial charge in [0.05, 0.1) is 6.54 Å². The summed E-state index contributed by atoms with van der Waals surface area (Å²) in [4.78, 5) is 14.0. The summed E-state index contributed by atoms with van der Waals surface area (Å²) < 4.78 is 0. The first kappa shape index (κ1) is 8.72. The lowest BCUT2D eigenvalue weighted by Gasteiger charge is -2.23. The van der Waals surface area contributed by atoms with Crippen LogP contribution in [0.25, 0.3) is 0 Å². The quantitative estimate of drug-likeness (QED) is 0.589. The van der Waals surface area contributed by atoms with Crippen molar-refractivity contribution in [1.82, 2.24) is 20.6 Å². The van der Waals surface area contributed by atoms with Gasteiger partial charge in [-0.25, -0.2) is 4.98 Å². The van der Waals surface area contributed by atoms with Gasteiger partial charge in [0, 0.05) is 32.0 Å². The maximum absolute atomic E-state index is 4.44. The molecule has 0 aromatic carbocycles. The van der Waals surface area contributed by atoms with Crippen LogP contribution in [-0.2, 0) is 0 Å². The van der Waals surface area contributed by atoms with Gasteiger partial charge in [-0.2, -0.15) is 0 Å². The molecular formula is C9H14N6. The summed E-state index contributed by atoms with van der Waals surface area (Å²) in [5.74, 6) is 1.94. The number of nitrogens with one attached hydrogen (secondary N) is 3. The minimum atomic E-state index is 0.152. The zero-order valence-electron chi connectivity index (χ0n) is 8.40. The number of hydrogen-bond acceptors (Lipinski definition) is 5. The van der Waals surface area contributed by atoms with Gasteiger partial charge >= 0.3 is 0 Å². The lowest BCUT2D eigenvalue weighted by molar-refractivity contribution is 0.727. The lowest BCUT2D eigenvalue weighted by Crippen LogP contribution is -2.47. The molecule has 0 bridgehead atoms. The second kappa shape index (κ2) is 3.54. The van der Waals surface area contributed by atoms with Crippen molar-refractivity contribution in [2.24, 2.45) is 4.99 Å². The number of aromatic nitrogens is 2. The summed E-state index contributed by atoms with van der Waals surface area (Å²) in [6.45, 7) is 3.74. The Morgan fingerprint density at radius 1 is 1.40 bits per heavy atom. The van der Waals surface area contributed by atoms with Crippen molar-refractivity contribution < 1.29 is 0 Å². The minimum Gasteiger partial charge on any atom is -0.369 e. The molecule has 2 aliphatic heterocycles. The zero-order valence-corrected chi connectivity index (χ0v) is 8.40. The highest BCUT2D eigenvalue weighted by Gasteiger charge is 2.30. The fourth-order valence-electron chi connectivity index (χ4n) is 2.05. The number of amidine groups is 1. The van der Waals surface area contributed by atoms with Crippen molar-refractivity contribution in [3.63, 3.8) is 0 Å². The number of aromatic amines is 1. The number of anilines is 1. The third-order valence-corrected chi connectivity index (χ3v) is 2.72. The molecule has 0 amide bonds. The highest BCUT2D eigenvalue weighted by Crippen LogP contribution is 2.14. The van der Waals surface area contributed by atoms with Gasteiger partial charge in [0.15, 0.2) is 0 Å². The fourth-order valence-corrected chi connectivity index (χ4v) is 2.05. The highest BCUT2D eigenvalue weighted by molar-refractivity contribution is 5.91. The van der Waals surface area contributed by atoms with Gasteiger partial charge in [-0.05, 0) is 0 Å². The Kier molecular flexibility index (Phi) is 2.06. The molecule has 0 aliphatic carbocycles. The van der Waals surface area contributed by atoms with Gasteiger partial charge in [-0.15, -0.1) is 0 Å². The van der Waals surface area contributed by atoms with Gasteiger partial charge in [0.25, 0.3) is 0 Å². The summed E-state index contributed by atoms with van der Waals surface area (Å²) in [6, 6.07) is 0. The van der Waals surface area contributed by atoms with Crippen LogP contribution < -0.4 is 15.5 Å². The standard InChI is InChI=1S/C9H14N6/c1-2-11-7(10-1)8-12-5-6-15(8)9-13-3-4-14-9/h3-4,8,12H,1-2,5-6H2,(H,10,11)(H,13,14). The largest absolute Gasteiger partial charge is 0.369 e. The zero-order chi connectivity index (χ0) is 10.1. The van der Waals surface area contributed by atoms with Gasteiger partial charge < -0.3 is 15.2 Å². The molecular weight excluding hydrogens is 192 g/mol. The Hall–Kier alpha value is -1.56. The van der Waals surface area contributed by atoms with Crippen molar-refractivity contribution in [2.75, 3.05) is 31.1 Å². The van der Waals surface area contributed by atoms with Crippen LogP contribution in [0.4, 0.5) is 5.95 Å². The van der Waals surface area contributed by atoms with E-state index in [4.69, 9.17) is 0 Å². The molecule has 1 atom stereocenters. The molecule has 0 spiro atoms. The van der Waals surface area contributed by atoms with E-state index in [-0.39, 0.29) is 6.17 Å². The molecule has 1 fully saturated rings. The van der Waals surface area contributed by atoms with E-state index < -0.39 is 0 Å². The molecule has 1 aromatic heterocycles. The average Bonchev–Trinajstić information content (AvgIpc) is 3.01. The first-order chi connectivity index (χ1) is 7.45. The summed E-state index contributed by atoms with van der Waals surface area (Å²) in [7, 11) is 0. The molecule has 3 heterocycles. The van der Waals surface area contributed by atoms with Gasteiger partial charge in [0.2, 0.25) is 5.95 Å². The Bertz CT molecular complexity index is 357. The first-order valence-electron chi connectivity index (χ1n) is 5.23. The molecule has 15 heavy (non-hydrogen) atoms. The number of aliphatic imine (C=N–C) groups is 1. The Balaban J connectivity index is 1.83. The van der Waals surface area contributed by atoms with E-state index in [1.165, 1.54) is 0 Å². The number of imidazole rings is 1. The van der Waals surface area contributed by atoms with Crippen LogP contribution in [0.1, 0.15) is 0 Å². The predicted molar refractivity (Wildman–Crippen MR) is 58.0 cm³/mol. The van der Waals surface area contributed by atoms with Crippen molar-refractivity contribution in [1.29, 1.82) is 0 Å². The normalized spacial score (nSPS) is 25.5. The van der Waals surface area contributed by atoms with E-state index in [0.717, 1.165) is 38.0 Å². The number of nitrogens with zero attached hydrogens (tertiary/aromatic N) is 3. The molecule has 0 radical (unpaired) electrons. The second-order valence-electron chi connectivity index (χ2n) is 3.66. The third-order valence-electron chi connectivity index (χ3n) is 2.72. The van der Waals surface area contributed by atoms with Crippen LogP contribution in [0.3, 0.4) is 0 Å². The van der Waals surface area contributed by atoms with E-state index >= 15 is 0 Å². The Labute approximate surface area is 87.8 Å². The molecule has 3 rings (SSSR count). The summed E-state index contributed by atoms with van der Waals surface area (Å²) >= 11 is 0. The monoisotopic (exact) mass is 206 g/mol. The Morgan fingerprint density at radius 3 is 3.13 bits per heavy atom. The maximum Gasteiger partial charge on any atom is 0.204 e. The van der Waals surface area contributed by atoms with E-state index in [1.54, 1.807) is 6.20 Å². The van der Waals surface area contributed by atoms with Gasteiger partial charge in [-0.1, -0.05) is 0 Å². The van der Waals surface area contributed by atoms with Gasteiger partial charge in [0.1, 0.15) is 12.0 Å². The van der Waals surface area contributed by atoms with E-state index in [0.29, 0.717) is 0 Å². The van der Waals surface area contributed by atoms with Crippen molar-refractivity contribution in [3.05, 3.63) is 12.4 Å². The van der Waals surface area contributed by atoms with Crippen LogP contribution in [0, 0.1) is 0 Å². The van der Waals surface area contributed by atoms with E-state index in [1.807, 2.05) is 6.20 Å². The predicted octanol–water partition coefficient (Wildman–Crippen LogP) is -0.853. The van der Waals surface area contributed by atoms with Crippen LogP contribution in [-0.4, -0.2) is 48.1 Å². The average molecular weight is 206 g/mol. The summed E-state index contributed by atoms with van der Waals surface area (Å²) in [5.41, 5.74) is 0. The minimum absolute atomic E-state index is 0.152. The maximum atomic E-state index is 4.44.